The first-order valence-corrected chi connectivity index (χ1v) is 5.99. The molecule has 1 unspecified atom stereocenters. The van der Waals surface area contributed by atoms with E-state index in [0.29, 0.717) is 12.8 Å². The first-order chi connectivity index (χ1) is 8.05. The normalized spacial score (nSPS) is 24.3. The van der Waals surface area contributed by atoms with Crippen LogP contribution in [0.25, 0.3) is 0 Å². The molecule has 1 fully saturated rings. The highest BCUT2D eigenvalue weighted by molar-refractivity contribution is 5.86. The second-order valence-corrected chi connectivity index (χ2v) is 4.33. The molecule has 0 bridgehead atoms. The minimum Gasteiger partial charge on any atom is -0.395 e. The van der Waals surface area contributed by atoms with Crippen LogP contribution in [0.4, 0.5) is 8.78 Å². The van der Waals surface area contributed by atoms with E-state index in [2.05, 4.69) is 5.32 Å². The maximum absolute atomic E-state index is 12.4. The number of hydrogen-bond donors (Lipinski definition) is 2. The molecule has 0 aromatic rings. The van der Waals surface area contributed by atoms with Gasteiger partial charge in [0, 0.05) is 6.54 Å². The van der Waals surface area contributed by atoms with Gasteiger partial charge in [0.15, 0.2) is 0 Å². The van der Waals surface area contributed by atoms with Crippen LogP contribution < -0.4 is 5.32 Å². The Labute approximate surface area is 100.0 Å². The van der Waals surface area contributed by atoms with Gasteiger partial charge in [-0.3, -0.25) is 4.79 Å². The van der Waals surface area contributed by atoms with E-state index in [1.54, 1.807) is 0 Å². The van der Waals surface area contributed by atoms with Gasteiger partial charge in [0.1, 0.15) is 0 Å². The molecule has 1 amide bonds. The maximum atomic E-state index is 12.4. The Hall–Kier alpha value is -0.750. The van der Waals surface area contributed by atoms with Crippen LogP contribution in [0.1, 0.15) is 26.2 Å². The predicted octanol–water partition coefficient (Wildman–Crippen LogP) is 0.605. The number of halogens is 2. The molecule has 17 heavy (non-hydrogen) atoms. The van der Waals surface area contributed by atoms with Crippen LogP contribution in [0.15, 0.2) is 0 Å². The molecule has 2 N–H and O–H groups in total. The van der Waals surface area contributed by atoms with Gasteiger partial charge in [0.2, 0.25) is 5.91 Å². The van der Waals surface area contributed by atoms with Crippen molar-refractivity contribution in [2.45, 2.75) is 38.2 Å². The lowest BCUT2D eigenvalue weighted by Crippen LogP contribution is -2.56. The van der Waals surface area contributed by atoms with Crippen LogP contribution in [-0.4, -0.2) is 54.1 Å². The molecule has 0 radical (unpaired) electrons. The van der Waals surface area contributed by atoms with Gasteiger partial charge in [-0.25, -0.2) is 8.78 Å². The molecular formula is C11H20F2N2O2. The lowest BCUT2D eigenvalue weighted by Gasteiger charge is -2.33. The van der Waals surface area contributed by atoms with Crippen LogP contribution in [0.5, 0.6) is 0 Å². The van der Waals surface area contributed by atoms with Crippen LogP contribution in [0.3, 0.4) is 0 Å². The lowest BCUT2D eigenvalue weighted by molar-refractivity contribution is -0.140. The third-order valence-corrected chi connectivity index (χ3v) is 3.27. The fourth-order valence-electron chi connectivity index (χ4n) is 2.31. The van der Waals surface area contributed by atoms with Crippen molar-refractivity contribution >= 4 is 5.91 Å². The van der Waals surface area contributed by atoms with Crippen LogP contribution in [0, 0.1) is 0 Å². The Morgan fingerprint density at radius 1 is 1.59 bits per heavy atom. The first-order valence-electron chi connectivity index (χ1n) is 5.99. The molecule has 0 aromatic heterocycles. The van der Waals surface area contributed by atoms with Gasteiger partial charge in [-0.2, -0.15) is 0 Å². The molecule has 0 spiro atoms. The average Bonchev–Trinajstić information content (AvgIpc) is 2.76. The number of nitrogens with one attached hydrogen (secondary N) is 1. The molecule has 1 saturated heterocycles. The summed E-state index contributed by atoms with van der Waals surface area (Å²) in [5, 5.41) is 12.0. The van der Waals surface area contributed by atoms with E-state index < -0.39 is 18.5 Å². The van der Waals surface area contributed by atoms with E-state index in [-0.39, 0.29) is 19.1 Å². The first kappa shape index (κ1) is 14.3. The Kier molecular flexibility index (Phi) is 5.27. The van der Waals surface area contributed by atoms with Crippen molar-refractivity contribution in [2.75, 3.05) is 26.2 Å². The number of carbonyl (C=O) groups excluding carboxylic acids is 1. The fourth-order valence-corrected chi connectivity index (χ4v) is 2.31. The molecule has 0 aromatic carbocycles. The second-order valence-electron chi connectivity index (χ2n) is 4.33. The van der Waals surface area contributed by atoms with Crippen LogP contribution in [0.2, 0.25) is 0 Å². The molecule has 1 atom stereocenters. The second kappa shape index (κ2) is 6.26. The molecule has 6 heteroatoms. The SMILES string of the molecule is CCC1(C(=O)N(CCO)CC(F)F)CCCN1. The predicted molar refractivity (Wildman–Crippen MR) is 59.9 cm³/mol. The summed E-state index contributed by atoms with van der Waals surface area (Å²) in [6.07, 6.45) is -0.438. The molecule has 4 nitrogen and oxygen atoms in total. The van der Waals surface area contributed by atoms with E-state index in [4.69, 9.17) is 5.11 Å². The zero-order valence-corrected chi connectivity index (χ0v) is 10.1. The van der Waals surface area contributed by atoms with Crippen LogP contribution in [-0.2, 0) is 4.79 Å². The number of amides is 1. The number of carbonyl (C=O) groups is 1. The van der Waals surface area contributed by atoms with Crippen molar-refractivity contribution < 1.29 is 18.7 Å². The van der Waals surface area contributed by atoms with Crippen molar-refractivity contribution in [3.63, 3.8) is 0 Å². The number of aliphatic hydroxyl groups is 1. The summed E-state index contributed by atoms with van der Waals surface area (Å²) >= 11 is 0. The zero-order valence-electron chi connectivity index (χ0n) is 10.1. The Morgan fingerprint density at radius 3 is 2.71 bits per heavy atom. The Bertz CT molecular complexity index is 256. The summed E-state index contributed by atoms with van der Waals surface area (Å²) in [7, 11) is 0. The van der Waals surface area contributed by atoms with Gasteiger partial charge in [-0.05, 0) is 25.8 Å². The van der Waals surface area contributed by atoms with Gasteiger partial charge in [-0.1, -0.05) is 6.92 Å². The molecule has 1 aliphatic rings. The zero-order chi connectivity index (χ0) is 12.9. The monoisotopic (exact) mass is 250 g/mol. The quantitative estimate of drug-likeness (QED) is 0.726. The third-order valence-electron chi connectivity index (χ3n) is 3.27. The highest BCUT2D eigenvalue weighted by Crippen LogP contribution is 2.25. The molecule has 1 heterocycles. The molecular weight excluding hydrogens is 230 g/mol. The lowest BCUT2D eigenvalue weighted by atomic mass is 9.92. The molecule has 0 aliphatic carbocycles. The summed E-state index contributed by atoms with van der Waals surface area (Å²) in [5.74, 6) is -0.313. The molecule has 0 saturated carbocycles. The van der Waals surface area contributed by atoms with Crippen molar-refractivity contribution in [3.05, 3.63) is 0 Å². The highest BCUT2D eigenvalue weighted by atomic mass is 19.3. The summed E-state index contributed by atoms with van der Waals surface area (Å²) in [6.45, 7) is 1.67. The van der Waals surface area contributed by atoms with E-state index in [1.165, 1.54) is 0 Å². The van der Waals surface area contributed by atoms with Crippen molar-refractivity contribution in [3.8, 4) is 0 Å². The van der Waals surface area contributed by atoms with E-state index >= 15 is 0 Å². The van der Waals surface area contributed by atoms with Gasteiger partial charge < -0.3 is 15.3 Å². The van der Waals surface area contributed by atoms with Gasteiger partial charge in [0.25, 0.3) is 6.43 Å². The fraction of sp³-hybridized carbons (Fsp3) is 0.909. The smallest absolute Gasteiger partial charge is 0.255 e. The summed E-state index contributed by atoms with van der Waals surface area (Å²) in [6, 6.07) is 0. The number of aliphatic hydroxyl groups excluding tert-OH is 1. The molecule has 100 valence electrons. The minimum atomic E-state index is -2.57. The van der Waals surface area contributed by atoms with Crippen molar-refractivity contribution in [1.29, 1.82) is 0 Å². The van der Waals surface area contributed by atoms with E-state index in [9.17, 15) is 13.6 Å². The topological polar surface area (TPSA) is 52.6 Å². The maximum Gasteiger partial charge on any atom is 0.255 e. The number of alkyl halides is 2. The number of rotatable bonds is 6. The van der Waals surface area contributed by atoms with Gasteiger partial charge in [-0.15, -0.1) is 0 Å². The largest absolute Gasteiger partial charge is 0.395 e. The van der Waals surface area contributed by atoms with Crippen LogP contribution >= 0.6 is 0 Å². The highest BCUT2D eigenvalue weighted by Gasteiger charge is 2.42. The Morgan fingerprint density at radius 2 is 2.29 bits per heavy atom. The van der Waals surface area contributed by atoms with Crippen molar-refractivity contribution in [1.82, 2.24) is 10.2 Å². The number of hydrogen-bond acceptors (Lipinski definition) is 3. The summed E-state index contributed by atoms with van der Waals surface area (Å²) in [5.41, 5.74) is -0.704. The summed E-state index contributed by atoms with van der Waals surface area (Å²) < 4.78 is 24.8. The van der Waals surface area contributed by atoms with Crippen molar-refractivity contribution in [2.24, 2.45) is 0 Å². The minimum absolute atomic E-state index is 0.0351. The summed E-state index contributed by atoms with van der Waals surface area (Å²) in [4.78, 5) is 13.3. The molecule has 1 aliphatic heterocycles. The van der Waals surface area contributed by atoms with E-state index in [1.807, 2.05) is 6.92 Å². The third kappa shape index (κ3) is 3.35. The van der Waals surface area contributed by atoms with Gasteiger partial charge >= 0.3 is 0 Å². The standard InChI is InChI=1S/C11H20F2N2O2/c1-2-11(4-3-5-14-11)10(17)15(6-7-16)8-9(12)13/h9,14,16H,2-8H2,1H3. The van der Waals surface area contributed by atoms with E-state index in [0.717, 1.165) is 17.9 Å². The van der Waals surface area contributed by atoms with Gasteiger partial charge in [0.05, 0.1) is 18.7 Å². The molecule has 1 rings (SSSR count). The Balaban J connectivity index is 2.74. The number of nitrogens with zero attached hydrogens (tertiary/aromatic N) is 1. The average molecular weight is 250 g/mol.